The third kappa shape index (κ3) is 2.96. The number of nitrogens with zero attached hydrogens (tertiary/aromatic N) is 1. The van der Waals surface area contributed by atoms with Crippen LogP contribution >= 0.6 is 0 Å². The van der Waals surface area contributed by atoms with Gasteiger partial charge in [0.05, 0.1) is 0 Å². The average Bonchev–Trinajstić information content (AvgIpc) is 2.19. The summed E-state index contributed by atoms with van der Waals surface area (Å²) in [5.41, 5.74) is 2.38. The van der Waals surface area contributed by atoms with E-state index in [2.05, 4.69) is 29.0 Å². The second-order valence-electron chi connectivity index (χ2n) is 3.44. The van der Waals surface area contributed by atoms with Gasteiger partial charge in [-0.05, 0) is 44.5 Å². The van der Waals surface area contributed by atoms with E-state index in [1.54, 1.807) is 0 Å². The predicted octanol–water partition coefficient (Wildman–Crippen LogP) is 2.62. The van der Waals surface area contributed by atoms with Crippen molar-refractivity contribution in [1.82, 2.24) is 10.3 Å². The van der Waals surface area contributed by atoms with Crippen LogP contribution in [-0.2, 0) is 0 Å². The van der Waals surface area contributed by atoms with Gasteiger partial charge >= 0.3 is 0 Å². The maximum atomic E-state index is 4.19. The molecule has 2 nitrogen and oxygen atoms in total. The highest BCUT2D eigenvalue weighted by molar-refractivity contribution is 5.19. The molecule has 0 spiro atoms. The summed E-state index contributed by atoms with van der Waals surface area (Å²) in [6.07, 6.45) is 5.94. The summed E-state index contributed by atoms with van der Waals surface area (Å²) in [5.74, 6) is 0. The molecule has 0 aromatic carbocycles. The highest BCUT2D eigenvalue weighted by Crippen LogP contribution is 2.18. The van der Waals surface area contributed by atoms with Gasteiger partial charge in [0.2, 0.25) is 0 Å². The molecule has 0 saturated carbocycles. The molecule has 76 valence electrons. The lowest BCUT2D eigenvalue weighted by Gasteiger charge is -2.15. The van der Waals surface area contributed by atoms with E-state index >= 15 is 0 Å². The van der Waals surface area contributed by atoms with Crippen LogP contribution in [0.3, 0.4) is 0 Å². The Morgan fingerprint density at radius 3 is 3.00 bits per heavy atom. The number of rotatable bonds is 5. The molecule has 2 heteroatoms. The predicted molar refractivity (Wildman–Crippen MR) is 60.2 cm³/mol. The van der Waals surface area contributed by atoms with Crippen LogP contribution in [0.2, 0.25) is 0 Å². The molecule has 1 aromatic rings. The Kier molecular flexibility index (Phi) is 4.33. The molecule has 0 aliphatic carbocycles. The summed E-state index contributed by atoms with van der Waals surface area (Å²) in [6, 6.07) is 4.61. The molecule has 0 fully saturated rings. The largest absolute Gasteiger partial charge is 0.313 e. The van der Waals surface area contributed by atoms with Gasteiger partial charge in [0.1, 0.15) is 0 Å². The maximum absolute atomic E-state index is 4.19. The first-order chi connectivity index (χ1) is 6.77. The highest BCUT2D eigenvalue weighted by Gasteiger charge is 2.07. The van der Waals surface area contributed by atoms with Gasteiger partial charge in [-0.1, -0.05) is 6.08 Å². The Bertz CT molecular complexity index is 294. The SMILES string of the molecule is C=CCCC(NC)c1ccnc(C)c1. The van der Waals surface area contributed by atoms with Crippen molar-refractivity contribution >= 4 is 0 Å². The lowest BCUT2D eigenvalue weighted by Crippen LogP contribution is -2.16. The summed E-state index contributed by atoms with van der Waals surface area (Å²) in [6.45, 7) is 5.76. The van der Waals surface area contributed by atoms with Crippen LogP contribution < -0.4 is 5.32 Å². The third-order valence-corrected chi connectivity index (χ3v) is 2.33. The van der Waals surface area contributed by atoms with Gasteiger partial charge in [-0.25, -0.2) is 0 Å². The topological polar surface area (TPSA) is 24.9 Å². The maximum Gasteiger partial charge on any atom is 0.0375 e. The van der Waals surface area contributed by atoms with E-state index in [-0.39, 0.29) is 0 Å². The number of nitrogens with one attached hydrogen (secondary N) is 1. The van der Waals surface area contributed by atoms with Crippen LogP contribution in [0.1, 0.15) is 30.1 Å². The number of hydrogen-bond donors (Lipinski definition) is 1. The fraction of sp³-hybridized carbons (Fsp3) is 0.417. The summed E-state index contributed by atoms with van der Waals surface area (Å²) in [5, 5.41) is 3.30. The molecule has 0 aliphatic rings. The first-order valence-electron chi connectivity index (χ1n) is 4.98. The van der Waals surface area contributed by atoms with Crippen LogP contribution in [-0.4, -0.2) is 12.0 Å². The normalized spacial score (nSPS) is 12.4. The zero-order valence-electron chi connectivity index (χ0n) is 8.96. The van der Waals surface area contributed by atoms with Crippen LogP contribution in [0.15, 0.2) is 31.0 Å². The number of pyridine rings is 1. The van der Waals surface area contributed by atoms with Gasteiger partial charge < -0.3 is 5.32 Å². The van der Waals surface area contributed by atoms with E-state index in [1.165, 1.54) is 5.56 Å². The molecule has 1 atom stereocenters. The summed E-state index contributed by atoms with van der Waals surface area (Å²) < 4.78 is 0. The molecule has 1 N–H and O–H groups in total. The molecule has 1 heterocycles. The number of aryl methyl sites for hydroxylation is 1. The lowest BCUT2D eigenvalue weighted by molar-refractivity contribution is 0.554. The molecule has 1 unspecified atom stereocenters. The van der Waals surface area contributed by atoms with E-state index < -0.39 is 0 Å². The van der Waals surface area contributed by atoms with Crippen molar-refractivity contribution in [3.63, 3.8) is 0 Å². The zero-order chi connectivity index (χ0) is 10.4. The van der Waals surface area contributed by atoms with Crippen molar-refractivity contribution in [2.24, 2.45) is 0 Å². The third-order valence-electron chi connectivity index (χ3n) is 2.33. The van der Waals surface area contributed by atoms with E-state index in [9.17, 15) is 0 Å². The first kappa shape index (κ1) is 10.9. The summed E-state index contributed by atoms with van der Waals surface area (Å²) in [7, 11) is 1.99. The highest BCUT2D eigenvalue weighted by atomic mass is 14.9. The van der Waals surface area contributed by atoms with Crippen LogP contribution in [0.4, 0.5) is 0 Å². The lowest BCUT2D eigenvalue weighted by atomic mass is 10.0. The molecule has 1 aromatic heterocycles. The van der Waals surface area contributed by atoms with E-state index in [4.69, 9.17) is 0 Å². The smallest absolute Gasteiger partial charge is 0.0375 e. The van der Waals surface area contributed by atoms with Gasteiger partial charge in [-0.2, -0.15) is 0 Å². The second kappa shape index (κ2) is 5.55. The molecule has 1 rings (SSSR count). The Hall–Kier alpha value is -1.15. The van der Waals surface area contributed by atoms with Crippen molar-refractivity contribution in [3.05, 3.63) is 42.2 Å². The van der Waals surface area contributed by atoms with Crippen molar-refractivity contribution in [2.45, 2.75) is 25.8 Å². The molecule has 0 bridgehead atoms. The van der Waals surface area contributed by atoms with E-state index in [0.29, 0.717) is 6.04 Å². The Morgan fingerprint density at radius 2 is 2.43 bits per heavy atom. The van der Waals surface area contributed by atoms with Crippen LogP contribution in [0.25, 0.3) is 0 Å². The minimum absolute atomic E-state index is 0.412. The van der Waals surface area contributed by atoms with Crippen LogP contribution in [0.5, 0.6) is 0 Å². The quantitative estimate of drug-likeness (QED) is 0.722. The van der Waals surface area contributed by atoms with Crippen LogP contribution in [0, 0.1) is 6.92 Å². The standard InChI is InChI=1S/C12H18N2/c1-4-5-6-12(13-3)11-7-8-14-10(2)9-11/h4,7-9,12-13H,1,5-6H2,2-3H3. The summed E-state index contributed by atoms with van der Waals surface area (Å²) in [4.78, 5) is 4.19. The first-order valence-corrected chi connectivity index (χ1v) is 4.98. The minimum Gasteiger partial charge on any atom is -0.313 e. The minimum atomic E-state index is 0.412. The average molecular weight is 190 g/mol. The fourth-order valence-corrected chi connectivity index (χ4v) is 1.55. The monoisotopic (exact) mass is 190 g/mol. The van der Waals surface area contributed by atoms with Crippen molar-refractivity contribution in [2.75, 3.05) is 7.05 Å². The number of allylic oxidation sites excluding steroid dienone is 1. The Morgan fingerprint density at radius 1 is 1.64 bits per heavy atom. The van der Waals surface area contributed by atoms with Crippen molar-refractivity contribution in [3.8, 4) is 0 Å². The molecular formula is C12H18N2. The molecule has 0 saturated heterocycles. The molecular weight excluding hydrogens is 172 g/mol. The van der Waals surface area contributed by atoms with E-state index in [1.807, 2.05) is 26.2 Å². The number of aromatic nitrogens is 1. The van der Waals surface area contributed by atoms with Gasteiger partial charge in [-0.15, -0.1) is 6.58 Å². The number of hydrogen-bond acceptors (Lipinski definition) is 2. The summed E-state index contributed by atoms with van der Waals surface area (Å²) >= 11 is 0. The molecule has 0 radical (unpaired) electrons. The molecule has 0 amide bonds. The van der Waals surface area contributed by atoms with Gasteiger partial charge in [0.25, 0.3) is 0 Å². The second-order valence-corrected chi connectivity index (χ2v) is 3.44. The van der Waals surface area contributed by atoms with Gasteiger partial charge in [0.15, 0.2) is 0 Å². The Labute approximate surface area is 86.1 Å². The van der Waals surface area contributed by atoms with E-state index in [0.717, 1.165) is 18.5 Å². The fourth-order valence-electron chi connectivity index (χ4n) is 1.55. The van der Waals surface area contributed by atoms with Gasteiger partial charge in [0, 0.05) is 17.9 Å². The zero-order valence-corrected chi connectivity index (χ0v) is 8.96. The molecule has 0 aliphatic heterocycles. The van der Waals surface area contributed by atoms with Crippen molar-refractivity contribution < 1.29 is 0 Å². The van der Waals surface area contributed by atoms with Gasteiger partial charge in [-0.3, -0.25) is 4.98 Å². The van der Waals surface area contributed by atoms with Crippen molar-refractivity contribution in [1.29, 1.82) is 0 Å². The molecule has 14 heavy (non-hydrogen) atoms. The Balaban J connectivity index is 2.72.